The Morgan fingerprint density at radius 3 is 2.88 bits per heavy atom. The van der Waals surface area contributed by atoms with Gasteiger partial charge < -0.3 is 14.6 Å². The van der Waals surface area contributed by atoms with Crippen molar-refractivity contribution in [3.8, 4) is 28.8 Å². The van der Waals surface area contributed by atoms with Crippen molar-refractivity contribution in [2.75, 3.05) is 32.9 Å². The number of aliphatic hydroxyl groups is 1. The van der Waals surface area contributed by atoms with Gasteiger partial charge in [-0.25, -0.2) is 4.98 Å². The molecule has 0 bridgehead atoms. The van der Waals surface area contributed by atoms with Gasteiger partial charge in [0.15, 0.2) is 0 Å². The second-order valence-corrected chi connectivity index (χ2v) is 7.95. The van der Waals surface area contributed by atoms with Gasteiger partial charge in [0.05, 0.1) is 35.3 Å². The second kappa shape index (κ2) is 7.01. The Kier molecular flexibility index (Phi) is 4.72. The maximum atomic E-state index is 9.84. The SMILES string of the molecule is CC(C)(O)C#Cc1ccc2c(c1)-c1ncsc1C(N1CCOCC1)CO2. The summed E-state index contributed by atoms with van der Waals surface area (Å²) in [6.45, 7) is 7.30. The van der Waals surface area contributed by atoms with Crippen molar-refractivity contribution >= 4 is 11.3 Å². The summed E-state index contributed by atoms with van der Waals surface area (Å²) in [7, 11) is 0. The number of nitrogens with zero attached hydrogens (tertiary/aromatic N) is 2. The van der Waals surface area contributed by atoms with E-state index in [1.807, 2.05) is 23.7 Å². The van der Waals surface area contributed by atoms with Gasteiger partial charge in [0.25, 0.3) is 0 Å². The lowest BCUT2D eigenvalue weighted by Crippen LogP contribution is -2.40. The summed E-state index contributed by atoms with van der Waals surface area (Å²) in [5, 5.41) is 9.84. The molecule has 1 fully saturated rings. The Hall–Kier alpha value is -1.91. The van der Waals surface area contributed by atoms with E-state index in [0.717, 1.165) is 48.9 Å². The maximum Gasteiger partial charge on any atom is 0.128 e. The highest BCUT2D eigenvalue weighted by Gasteiger charge is 2.31. The van der Waals surface area contributed by atoms with Crippen LogP contribution in [0, 0.1) is 11.8 Å². The predicted octanol–water partition coefficient (Wildman–Crippen LogP) is 2.70. The number of fused-ring (bicyclic) bond motifs is 3. The largest absolute Gasteiger partial charge is 0.491 e. The third-order valence-electron chi connectivity index (χ3n) is 4.53. The van der Waals surface area contributed by atoms with Crippen molar-refractivity contribution < 1.29 is 14.6 Å². The summed E-state index contributed by atoms with van der Waals surface area (Å²) in [4.78, 5) is 8.29. The zero-order chi connectivity index (χ0) is 18.1. The molecular weight excluding hydrogens is 348 g/mol. The van der Waals surface area contributed by atoms with E-state index in [1.54, 1.807) is 25.2 Å². The molecule has 0 amide bonds. The average Bonchev–Trinajstić information content (AvgIpc) is 3.05. The van der Waals surface area contributed by atoms with Crippen LogP contribution in [0.25, 0.3) is 11.3 Å². The van der Waals surface area contributed by atoms with Crippen molar-refractivity contribution in [2.45, 2.75) is 25.5 Å². The van der Waals surface area contributed by atoms with E-state index in [1.165, 1.54) is 4.88 Å². The molecule has 1 aromatic heterocycles. The molecule has 3 heterocycles. The summed E-state index contributed by atoms with van der Waals surface area (Å²) in [6.07, 6.45) is 0. The molecule has 2 aromatic rings. The maximum absolute atomic E-state index is 9.84. The first-order chi connectivity index (χ1) is 12.5. The van der Waals surface area contributed by atoms with Crippen molar-refractivity contribution in [1.29, 1.82) is 0 Å². The Morgan fingerprint density at radius 2 is 2.12 bits per heavy atom. The number of morpholine rings is 1. The number of ether oxygens (including phenoxy) is 2. The quantitative estimate of drug-likeness (QED) is 0.783. The van der Waals surface area contributed by atoms with Gasteiger partial charge in [0, 0.05) is 24.2 Å². The fraction of sp³-hybridized carbons (Fsp3) is 0.450. The van der Waals surface area contributed by atoms with Gasteiger partial charge in [-0.05, 0) is 32.0 Å². The number of hydrogen-bond acceptors (Lipinski definition) is 6. The first kappa shape index (κ1) is 17.5. The molecule has 2 aliphatic heterocycles. The Morgan fingerprint density at radius 1 is 1.31 bits per heavy atom. The van der Waals surface area contributed by atoms with E-state index in [0.29, 0.717) is 6.61 Å². The van der Waals surface area contributed by atoms with Crippen LogP contribution in [0.4, 0.5) is 0 Å². The van der Waals surface area contributed by atoms with Crippen molar-refractivity contribution in [2.24, 2.45) is 0 Å². The van der Waals surface area contributed by atoms with E-state index < -0.39 is 5.60 Å². The zero-order valence-corrected chi connectivity index (χ0v) is 15.8. The van der Waals surface area contributed by atoms with Crippen LogP contribution in [-0.4, -0.2) is 53.5 Å². The van der Waals surface area contributed by atoms with E-state index in [-0.39, 0.29) is 6.04 Å². The standard InChI is InChI=1S/C20H22N2O3S/c1-20(2,23)6-5-14-3-4-17-15(11-14)18-19(26-13-21-18)16(12-25-17)22-7-9-24-10-8-22/h3-4,11,13,16,23H,7-10,12H2,1-2H3. The second-order valence-electron chi connectivity index (χ2n) is 7.06. The smallest absolute Gasteiger partial charge is 0.128 e. The van der Waals surface area contributed by atoms with E-state index in [2.05, 4.69) is 21.7 Å². The number of thiazole rings is 1. The minimum absolute atomic E-state index is 0.194. The molecule has 26 heavy (non-hydrogen) atoms. The average molecular weight is 370 g/mol. The Bertz CT molecular complexity index is 854. The molecule has 0 spiro atoms. The molecule has 0 radical (unpaired) electrons. The predicted molar refractivity (Wildman–Crippen MR) is 101 cm³/mol. The molecule has 4 rings (SSSR count). The summed E-state index contributed by atoms with van der Waals surface area (Å²) in [6, 6.07) is 6.08. The highest BCUT2D eigenvalue weighted by molar-refractivity contribution is 7.10. The number of aromatic nitrogens is 1. The molecule has 1 unspecified atom stereocenters. The fourth-order valence-electron chi connectivity index (χ4n) is 3.24. The van der Waals surface area contributed by atoms with Gasteiger partial charge in [-0.15, -0.1) is 11.3 Å². The van der Waals surface area contributed by atoms with Gasteiger partial charge in [-0.2, -0.15) is 0 Å². The van der Waals surface area contributed by atoms with Gasteiger partial charge in [0.1, 0.15) is 18.0 Å². The van der Waals surface area contributed by atoms with Gasteiger partial charge >= 0.3 is 0 Å². The summed E-state index contributed by atoms with van der Waals surface area (Å²) < 4.78 is 11.6. The third-order valence-corrected chi connectivity index (χ3v) is 5.46. The molecule has 2 aliphatic rings. The number of hydrogen-bond donors (Lipinski definition) is 1. The van der Waals surface area contributed by atoms with Crippen LogP contribution in [0.1, 0.15) is 30.3 Å². The third kappa shape index (κ3) is 3.62. The lowest BCUT2D eigenvalue weighted by atomic mass is 10.0. The topological polar surface area (TPSA) is 54.8 Å². The molecule has 5 nitrogen and oxygen atoms in total. The van der Waals surface area contributed by atoms with Crippen molar-refractivity contribution in [1.82, 2.24) is 9.88 Å². The first-order valence-corrected chi connectivity index (χ1v) is 9.67. The molecule has 0 saturated carbocycles. The van der Waals surface area contributed by atoms with E-state index in [4.69, 9.17) is 9.47 Å². The van der Waals surface area contributed by atoms with Crippen LogP contribution in [-0.2, 0) is 4.74 Å². The fourth-order valence-corrected chi connectivity index (χ4v) is 4.16. The van der Waals surface area contributed by atoms with Crippen molar-refractivity contribution in [3.05, 3.63) is 34.2 Å². The van der Waals surface area contributed by atoms with Crippen LogP contribution >= 0.6 is 11.3 Å². The molecule has 1 atom stereocenters. The lowest BCUT2D eigenvalue weighted by molar-refractivity contribution is 0.00684. The molecule has 1 aromatic carbocycles. The van der Waals surface area contributed by atoms with Gasteiger partial charge in [0.2, 0.25) is 0 Å². The molecule has 136 valence electrons. The molecule has 0 aliphatic carbocycles. The molecule has 1 N–H and O–H groups in total. The summed E-state index contributed by atoms with van der Waals surface area (Å²) in [5.74, 6) is 6.74. The Balaban J connectivity index is 1.71. The van der Waals surface area contributed by atoms with Crippen LogP contribution < -0.4 is 4.74 Å². The first-order valence-electron chi connectivity index (χ1n) is 8.79. The molecular formula is C20H22N2O3S. The number of rotatable bonds is 1. The number of benzene rings is 1. The van der Waals surface area contributed by atoms with E-state index in [9.17, 15) is 5.11 Å². The van der Waals surface area contributed by atoms with Crippen molar-refractivity contribution in [3.63, 3.8) is 0 Å². The van der Waals surface area contributed by atoms with E-state index >= 15 is 0 Å². The van der Waals surface area contributed by atoms with Crippen LogP contribution in [0.3, 0.4) is 0 Å². The minimum Gasteiger partial charge on any atom is -0.491 e. The monoisotopic (exact) mass is 370 g/mol. The van der Waals surface area contributed by atoms with Crippen LogP contribution in [0.5, 0.6) is 5.75 Å². The highest BCUT2D eigenvalue weighted by Crippen LogP contribution is 2.42. The van der Waals surface area contributed by atoms with Gasteiger partial charge in [-0.1, -0.05) is 11.8 Å². The Labute approximate surface area is 157 Å². The minimum atomic E-state index is -1.02. The van der Waals surface area contributed by atoms with Crippen LogP contribution in [0.2, 0.25) is 0 Å². The highest BCUT2D eigenvalue weighted by atomic mass is 32.1. The van der Waals surface area contributed by atoms with Crippen LogP contribution in [0.15, 0.2) is 23.7 Å². The summed E-state index contributed by atoms with van der Waals surface area (Å²) >= 11 is 1.68. The zero-order valence-electron chi connectivity index (χ0n) is 15.0. The molecule has 6 heteroatoms. The molecule has 1 saturated heterocycles. The van der Waals surface area contributed by atoms with Gasteiger partial charge in [-0.3, -0.25) is 4.90 Å². The summed E-state index contributed by atoms with van der Waals surface area (Å²) in [5.41, 5.74) is 3.68. The lowest BCUT2D eigenvalue weighted by Gasteiger charge is -2.33. The normalized spacial score (nSPS) is 20.2.